The van der Waals surface area contributed by atoms with E-state index in [1.807, 2.05) is 12.1 Å². The lowest BCUT2D eigenvalue weighted by atomic mass is 9.52. The van der Waals surface area contributed by atoms with Crippen LogP contribution in [0.4, 0.5) is 0 Å². The van der Waals surface area contributed by atoms with Gasteiger partial charge in [0.25, 0.3) is 0 Å². The van der Waals surface area contributed by atoms with Crippen LogP contribution in [0.3, 0.4) is 0 Å². The fraction of sp³-hybridized carbons (Fsp3) is 0.435. The Morgan fingerprint density at radius 3 is 2.69 bits per heavy atom. The summed E-state index contributed by atoms with van der Waals surface area (Å²) in [5.74, 6) is 0.681. The standard InChI is InChI=1S/C23H25NO2/c24-13-12-22(26)10-11-23(15-17-4-2-1-3-5-17)19(16-22)7-6-18-14-20(25)8-9-21(18)23/h1-5,8-9,14,19,25-26H,6-7,10-12,15-16H2/t19-,22?,23+/m1/s1. The number of aromatic hydroxyl groups is 1. The molecule has 1 unspecified atom stereocenters. The molecule has 2 N–H and O–H groups in total. The summed E-state index contributed by atoms with van der Waals surface area (Å²) < 4.78 is 0. The van der Waals surface area contributed by atoms with Crippen molar-refractivity contribution in [1.82, 2.24) is 0 Å². The van der Waals surface area contributed by atoms with E-state index in [1.165, 1.54) is 16.7 Å². The van der Waals surface area contributed by atoms with Gasteiger partial charge >= 0.3 is 0 Å². The molecule has 0 aromatic heterocycles. The van der Waals surface area contributed by atoms with Gasteiger partial charge in [0.2, 0.25) is 0 Å². The molecule has 3 heteroatoms. The van der Waals surface area contributed by atoms with Crippen LogP contribution in [0.25, 0.3) is 0 Å². The molecule has 2 aliphatic carbocycles. The average molecular weight is 347 g/mol. The van der Waals surface area contributed by atoms with Crippen LogP contribution in [-0.4, -0.2) is 15.8 Å². The van der Waals surface area contributed by atoms with Gasteiger partial charge < -0.3 is 10.2 Å². The predicted molar refractivity (Wildman–Crippen MR) is 101 cm³/mol. The largest absolute Gasteiger partial charge is 0.508 e. The molecule has 0 spiro atoms. The van der Waals surface area contributed by atoms with E-state index in [4.69, 9.17) is 5.26 Å². The summed E-state index contributed by atoms with van der Waals surface area (Å²) in [6, 6.07) is 18.5. The summed E-state index contributed by atoms with van der Waals surface area (Å²) in [4.78, 5) is 0. The number of aryl methyl sites for hydroxylation is 1. The van der Waals surface area contributed by atoms with Gasteiger partial charge in [0, 0.05) is 5.41 Å². The van der Waals surface area contributed by atoms with Gasteiger partial charge in [-0.25, -0.2) is 0 Å². The number of benzene rings is 2. The second kappa shape index (κ2) is 6.45. The number of hydrogen-bond acceptors (Lipinski definition) is 3. The maximum Gasteiger partial charge on any atom is 0.115 e. The SMILES string of the molecule is N#CCC1(O)CC[C@@]2(Cc3ccccc3)c3ccc(O)cc3CC[C@@H]2C1. The summed E-state index contributed by atoms with van der Waals surface area (Å²) >= 11 is 0. The van der Waals surface area contributed by atoms with E-state index in [2.05, 4.69) is 36.4 Å². The Labute approximate surface area is 154 Å². The van der Waals surface area contributed by atoms with Gasteiger partial charge in [-0.2, -0.15) is 5.26 Å². The van der Waals surface area contributed by atoms with Crippen molar-refractivity contribution in [2.24, 2.45) is 5.92 Å². The van der Waals surface area contributed by atoms with Crippen molar-refractivity contribution in [2.75, 3.05) is 0 Å². The zero-order valence-electron chi connectivity index (χ0n) is 15.0. The van der Waals surface area contributed by atoms with E-state index in [0.717, 1.165) is 25.7 Å². The number of hydrogen-bond donors (Lipinski definition) is 2. The zero-order valence-corrected chi connectivity index (χ0v) is 15.0. The number of nitrogens with zero attached hydrogens (tertiary/aromatic N) is 1. The van der Waals surface area contributed by atoms with Crippen LogP contribution in [0.15, 0.2) is 48.5 Å². The van der Waals surface area contributed by atoms with Gasteiger partial charge in [-0.15, -0.1) is 0 Å². The monoisotopic (exact) mass is 347 g/mol. The van der Waals surface area contributed by atoms with E-state index < -0.39 is 5.60 Å². The lowest BCUT2D eigenvalue weighted by molar-refractivity contribution is -0.0471. The molecule has 26 heavy (non-hydrogen) atoms. The third kappa shape index (κ3) is 2.89. The van der Waals surface area contributed by atoms with Crippen LogP contribution < -0.4 is 0 Å². The molecule has 0 saturated heterocycles. The Bertz CT molecular complexity index is 841. The number of phenols is 1. The molecule has 134 valence electrons. The first-order valence-electron chi connectivity index (χ1n) is 9.50. The highest BCUT2D eigenvalue weighted by atomic mass is 16.3. The molecule has 1 saturated carbocycles. The average Bonchev–Trinajstić information content (AvgIpc) is 2.63. The van der Waals surface area contributed by atoms with Gasteiger partial charge in [0.15, 0.2) is 0 Å². The van der Waals surface area contributed by atoms with Crippen LogP contribution in [0.2, 0.25) is 0 Å². The highest BCUT2D eigenvalue weighted by Gasteiger charge is 2.51. The van der Waals surface area contributed by atoms with Crippen molar-refractivity contribution < 1.29 is 10.2 Å². The molecule has 0 aliphatic heterocycles. The molecule has 1 fully saturated rings. The molecule has 0 bridgehead atoms. The molecule has 2 aliphatic rings. The molecular weight excluding hydrogens is 322 g/mol. The van der Waals surface area contributed by atoms with Crippen LogP contribution in [0.1, 0.15) is 48.8 Å². The minimum absolute atomic E-state index is 0.0235. The van der Waals surface area contributed by atoms with Gasteiger partial charge in [0.05, 0.1) is 18.1 Å². The van der Waals surface area contributed by atoms with Crippen LogP contribution >= 0.6 is 0 Å². The highest BCUT2D eigenvalue weighted by molar-refractivity contribution is 5.44. The summed E-state index contributed by atoms with van der Waals surface area (Å²) in [5.41, 5.74) is 3.00. The maximum atomic E-state index is 10.9. The van der Waals surface area contributed by atoms with Gasteiger partial charge in [-0.1, -0.05) is 36.4 Å². The molecular formula is C23H25NO2. The van der Waals surface area contributed by atoms with Crippen molar-refractivity contribution in [3.63, 3.8) is 0 Å². The summed E-state index contributed by atoms with van der Waals surface area (Å²) in [5, 5.41) is 30.0. The Kier molecular flexibility index (Phi) is 4.25. The topological polar surface area (TPSA) is 64.2 Å². The Morgan fingerprint density at radius 2 is 1.92 bits per heavy atom. The van der Waals surface area contributed by atoms with Gasteiger partial charge in [-0.05, 0) is 73.3 Å². The number of rotatable bonds is 3. The third-order valence-corrected chi connectivity index (χ3v) is 6.60. The smallest absolute Gasteiger partial charge is 0.115 e. The molecule has 0 amide bonds. The van der Waals surface area contributed by atoms with E-state index in [-0.39, 0.29) is 11.8 Å². The summed E-state index contributed by atoms with van der Waals surface area (Å²) in [6.07, 6.45) is 5.30. The lowest BCUT2D eigenvalue weighted by Gasteiger charge is -2.53. The minimum Gasteiger partial charge on any atom is -0.508 e. The molecule has 3 atom stereocenters. The molecule has 3 nitrogen and oxygen atoms in total. The lowest BCUT2D eigenvalue weighted by Crippen LogP contribution is -2.51. The van der Waals surface area contributed by atoms with E-state index in [9.17, 15) is 10.2 Å². The molecule has 2 aromatic carbocycles. The number of aliphatic hydroxyl groups is 1. The van der Waals surface area contributed by atoms with Crippen LogP contribution in [-0.2, 0) is 18.3 Å². The normalized spacial score (nSPS) is 30.1. The highest BCUT2D eigenvalue weighted by Crippen LogP contribution is 2.55. The van der Waals surface area contributed by atoms with Gasteiger partial charge in [0.1, 0.15) is 5.75 Å². The summed E-state index contributed by atoms with van der Waals surface area (Å²) in [6.45, 7) is 0. The van der Waals surface area contributed by atoms with Crippen molar-refractivity contribution >= 4 is 0 Å². The summed E-state index contributed by atoms with van der Waals surface area (Å²) in [7, 11) is 0. The maximum absolute atomic E-state index is 10.9. The Morgan fingerprint density at radius 1 is 1.12 bits per heavy atom. The minimum atomic E-state index is -0.853. The van der Waals surface area contributed by atoms with Gasteiger partial charge in [-0.3, -0.25) is 0 Å². The number of fused-ring (bicyclic) bond motifs is 3. The fourth-order valence-electron chi connectivity index (χ4n) is 5.35. The molecule has 0 heterocycles. The van der Waals surface area contributed by atoms with E-state index >= 15 is 0 Å². The number of phenolic OH excluding ortho intramolecular Hbond substituents is 1. The van der Waals surface area contributed by atoms with Crippen LogP contribution in [0.5, 0.6) is 5.75 Å². The van der Waals surface area contributed by atoms with E-state index in [1.54, 1.807) is 6.07 Å². The van der Waals surface area contributed by atoms with Crippen molar-refractivity contribution in [1.29, 1.82) is 5.26 Å². The van der Waals surface area contributed by atoms with Crippen molar-refractivity contribution in [3.8, 4) is 11.8 Å². The second-order valence-corrected chi connectivity index (χ2v) is 8.16. The quantitative estimate of drug-likeness (QED) is 0.872. The Hall–Kier alpha value is -2.31. The first-order chi connectivity index (χ1) is 12.5. The molecule has 2 aromatic rings. The first kappa shape index (κ1) is 17.1. The zero-order chi connectivity index (χ0) is 18.2. The first-order valence-corrected chi connectivity index (χ1v) is 9.50. The predicted octanol–water partition coefficient (Wildman–Crippen LogP) is 4.26. The molecule has 0 radical (unpaired) electrons. The van der Waals surface area contributed by atoms with Crippen molar-refractivity contribution in [2.45, 2.75) is 56.0 Å². The fourth-order valence-corrected chi connectivity index (χ4v) is 5.35. The molecule has 4 rings (SSSR count). The Balaban J connectivity index is 1.78. The number of nitriles is 1. The third-order valence-electron chi connectivity index (χ3n) is 6.60. The van der Waals surface area contributed by atoms with Crippen molar-refractivity contribution in [3.05, 3.63) is 65.2 Å². The van der Waals surface area contributed by atoms with Crippen LogP contribution in [0, 0.1) is 17.2 Å². The van der Waals surface area contributed by atoms with E-state index in [0.29, 0.717) is 24.5 Å². The second-order valence-electron chi connectivity index (χ2n) is 8.16.